The highest BCUT2D eigenvalue weighted by Crippen LogP contribution is 2.30. The molecule has 3 aromatic rings. The number of pyridine rings is 1. The van der Waals surface area contributed by atoms with Crippen molar-refractivity contribution in [1.82, 2.24) is 10.3 Å². The number of aliphatic hydroxyl groups is 1. The zero-order chi connectivity index (χ0) is 30.7. The van der Waals surface area contributed by atoms with Crippen molar-refractivity contribution >= 4 is 41.0 Å². The summed E-state index contributed by atoms with van der Waals surface area (Å²) in [7, 11) is 0. The van der Waals surface area contributed by atoms with Gasteiger partial charge in [0.05, 0.1) is 10.6 Å². The highest BCUT2D eigenvalue weighted by Gasteiger charge is 2.25. The Morgan fingerprint density at radius 2 is 1.76 bits per heavy atom. The number of rotatable bonds is 10. The van der Waals surface area contributed by atoms with Crippen LogP contribution in [0.5, 0.6) is 0 Å². The van der Waals surface area contributed by atoms with E-state index in [0.717, 1.165) is 6.92 Å². The smallest absolute Gasteiger partial charge is 0.347 e. The van der Waals surface area contributed by atoms with Gasteiger partial charge in [-0.3, -0.25) is 14.4 Å². The van der Waals surface area contributed by atoms with E-state index in [1.165, 1.54) is 30.5 Å². The Kier molecular flexibility index (Phi) is 12.5. The third kappa shape index (κ3) is 9.75. The second-order valence-electron chi connectivity index (χ2n) is 9.05. The van der Waals surface area contributed by atoms with Crippen molar-refractivity contribution < 1.29 is 33.4 Å². The number of carbonyl (C=O) groups is 4. The number of aromatic nitrogens is 1. The lowest BCUT2D eigenvalue weighted by Gasteiger charge is -2.23. The van der Waals surface area contributed by atoms with E-state index in [0.29, 0.717) is 17.5 Å². The molecule has 6 N–H and O–H groups in total. The van der Waals surface area contributed by atoms with Crippen molar-refractivity contribution in [1.29, 1.82) is 0 Å². The van der Waals surface area contributed by atoms with Gasteiger partial charge in [-0.05, 0) is 37.1 Å². The number of hydrogen-bond donors (Lipinski definition) is 4. The van der Waals surface area contributed by atoms with E-state index in [4.69, 9.17) is 23.1 Å². The topological polar surface area (TPSA) is 175 Å². The van der Waals surface area contributed by atoms with Crippen molar-refractivity contribution in [3.05, 3.63) is 93.9 Å². The number of anilines is 1. The molecule has 1 heterocycles. The number of nitrogens with zero attached hydrogens (tertiary/aromatic N) is 1. The molecule has 218 valence electrons. The Morgan fingerprint density at radius 1 is 1.10 bits per heavy atom. The fourth-order valence-corrected chi connectivity index (χ4v) is 4.06. The number of esters is 2. The highest BCUT2D eigenvalue weighted by atomic mass is 35.5. The van der Waals surface area contributed by atoms with E-state index in [2.05, 4.69) is 15.0 Å². The molecule has 0 aliphatic carbocycles. The third-order valence-corrected chi connectivity index (χ3v) is 6.07. The molecule has 3 rings (SSSR count). The largest absolute Gasteiger partial charge is 0.391 e. The number of carbonyl (C=O) groups excluding carboxylic acids is 4. The normalized spacial score (nSPS) is 12.7. The van der Waals surface area contributed by atoms with E-state index in [-0.39, 0.29) is 34.4 Å². The van der Waals surface area contributed by atoms with E-state index < -0.39 is 41.6 Å². The number of benzene rings is 2. The van der Waals surface area contributed by atoms with E-state index in [1.54, 1.807) is 37.3 Å². The molecular formula is C29H32ClFN4O6. The number of nitrogens with one attached hydrogen (secondary N) is 1. The van der Waals surface area contributed by atoms with Gasteiger partial charge in [0.15, 0.2) is 11.9 Å². The molecule has 0 saturated heterocycles. The summed E-state index contributed by atoms with van der Waals surface area (Å²) in [6.07, 6.45) is 0.540. The molecule has 0 saturated carbocycles. The molecule has 1 aromatic heterocycles. The van der Waals surface area contributed by atoms with Crippen LogP contribution in [0, 0.1) is 5.82 Å². The van der Waals surface area contributed by atoms with Crippen molar-refractivity contribution in [2.24, 2.45) is 5.73 Å². The number of nitrogens with two attached hydrogens (primary N) is 2. The van der Waals surface area contributed by atoms with Crippen LogP contribution in [-0.2, 0) is 19.1 Å². The summed E-state index contributed by atoms with van der Waals surface area (Å²) in [5.41, 5.74) is 11.4. The molecule has 10 nitrogen and oxygen atoms in total. The molecule has 0 bridgehead atoms. The number of primary amides is 1. The maximum atomic E-state index is 15.2. The molecule has 0 aliphatic rings. The summed E-state index contributed by atoms with van der Waals surface area (Å²) in [6, 6.07) is 13.6. The predicted molar refractivity (Wildman–Crippen MR) is 151 cm³/mol. The van der Waals surface area contributed by atoms with Crippen LogP contribution in [0.25, 0.3) is 0 Å². The van der Waals surface area contributed by atoms with Gasteiger partial charge in [0.1, 0.15) is 11.6 Å². The molecule has 0 radical (unpaired) electrons. The van der Waals surface area contributed by atoms with Gasteiger partial charge in [-0.15, -0.1) is 0 Å². The molecular weight excluding hydrogens is 555 g/mol. The molecule has 0 unspecified atom stereocenters. The maximum Gasteiger partial charge on any atom is 0.347 e. The van der Waals surface area contributed by atoms with Gasteiger partial charge in [0, 0.05) is 42.8 Å². The van der Waals surface area contributed by atoms with Gasteiger partial charge in [-0.2, -0.15) is 0 Å². The summed E-state index contributed by atoms with van der Waals surface area (Å²) in [5.74, 6) is -3.16. The minimum Gasteiger partial charge on any atom is -0.391 e. The zero-order valence-electron chi connectivity index (χ0n) is 22.8. The standard InChI is InChI=1S/C19H22ClFN4O2.C10H10O4/c1-3-14(25-10(2)8-16(23)26)12-5-6-13(20)17(18(12)21)19(27)11-4-7-15(22)24-9-11;1-7(11)14-10(13)9(12)8-5-3-2-4-6-8/h4-7,9-10,14,25H,3,8H2,1-2H3,(H2,22,24)(H2,23,26);2-6,9,12H,1H3/t10-,14+;9-/m00/s1. The number of nitrogen functional groups attached to an aromatic ring is 1. The van der Waals surface area contributed by atoms with Gasteiger partial charge < -0.3 is 26.6 Å². The molecule has 3 atom stereocenters. The quantitative estimate of drug-likeness (QED) is 0.156. The minimum absolute atomic E-state index is 0.0121. The summed E-state index contributed by atoms with van der Waals surface area (Å²) in [5, 5.41) is 12.6. The molecule has 41 heavy (non-hydrogen) atoms. The summed E-state index contributed by atoms with van der Waals surface area (Å²) in [4.78, 5) is 49.2. The van der Waals surface area contributed by atoms with E-state index in [9.17, 15) is 24.3 Å². The first kappa shape index (κ1) is 33.0. The SMILES string of the molecule is CC(=O)OC(=O)[C@@H](O)c1ccccc1.CC[C@@H](N[C@@H](C)CC(N)=O)c1ccc(Cl)c(C(=O)c2ccc(N)nc2)c1F. The van der Waals surface area contributed by atoms with Crippen molar-refractivity contribution in [2.45, 2.75) is 51.8 Å². The molecule has 2 aromatic carbocycles. The van der Waals surface area contributed by atoms with Gasteiger partial charge in [-0.25, -0.2) is 14.2 Å². The fourth-order valence-electron chi connectivity index (χ4n) is 3.83. The first-order valence-electron chi connectivity index (χ1n) is 12.6. The Hall–Kier alpha value is -4.19. The van der Waals surface area contributed by atoms with Crippen LogP contribution < -0.4 is 16.8 Å². The van der Waals surface area contributed by atoms with Crippen LogP contribution in [0.2, 0.25) is 5.02 Å². The van der Waals surface area contributed by atoms with Crippen molar-refractivity contribution in [2.75, 3.05) is 5.73 Å². The second-order valence-corrected chi connectivity index (χ2v) is 9.46. The number of ether oxygens (including phenoxy) is 1. The Balaban J connectivity index is 0.000000353. The lowest BCUT2D eigenvalue weighted by Crippen LogP contribution is -2.34. The summed E-state index contributed by atoms with van der Waals surface area (Å²) in [6.45, 7) is 4.76. The minimum atomic E-state index is -1.40. The monoisotopic (exact) mass is 586 g/mol. The summed E-state index contributed by atoms with van der Waals surface area (Å²) >= 11 is 6.11. The van der Waals surface area contributed by atoms with Gasteiger partial charge in [0.25, 0.3) is 0 Å². The maximum absolute atomic E-state index is 15.2. The van der Waals surface area contributed by atoms with Gasteiger partial charge >= 0.3 is 11.9 Å². The molecule has 0 aliphatic heterocycles. The number of hydrogen-bond acceptors (Lipinski definition) is 9. The Labute approximate surface area is 241 Å². The van der Waals surface area contributed by atoms with Crippen molar-refractivity contribution in [3.8, 4) is 0 Å². The van der Waals surface area contributed by atoms with Gasteiger partial charge in [0.2, 0.25) is 5.91 Å². The molecule has 12 heteroatoms. The lowest BCUT2D eigenvalue weighted by atomic mass is 9.96. The predicted octanol–water partition coefficient (Wildman–Crippen LogP) is 3.80. The zero-order valence-corrected chi connectivity index (χ0v) is 23.5. The van der Waals surface area contributed by atoms with Gasteiger partial charge in [-0.1, -0.05) is 54.9 Å². The summed E-state index contributed by atoms with van der Waals surface area (Å²) < 4.78 is 19.5. The van der Waals surface area contributed by atoms with Crippen LogP contribution in [0.15, 0.2) is 60.8 Å². The van der Waals surface area contributed by atoms with E-state index in [1.807, 2.05) is 6.92 Å². The van der Waals surface area contributed by atoms with Crippen molar-refractivity contribution in [3.63, 3.8) is 0 Å². The Bertz CT molecular complexity index is 1370. The average Bonchev–Trinajstić information content (AvgIpc) is 2.92. The Morgan fingerprint density at radius 3 is 2.29 bits per heavy atom. The van der Waals surface area contributed by atoms with Crippen LogP contribution in [0.1, 0.15) is 72.8 Å². The molecule has 0 fully saturated rings. The number of aliphatic hydroxyl groups excluding tert-OH is 1. The van der Waals surface area contributed by atoms with Crippen LogP contribution in [0.4, 0.5) is 10.2 Å². The van der Waals surface area contributed by atoms with Crippen LogP contribution >= 0.6 is 11.6 Å². The second kappa shape index (κ2) is 15.6. The number of amides is 1. The molecule has 0 spiro atoms. The van der Waals surface area contributed by atoms with Crippen LogP contribution in [-0.4, -0.2) is 39.8 Å². The highest BCUT2D eigenvalue weighted by molar-refractivity contribution is 6.35. The fraction of sp³-hybridized carbons (Fsp3) is 0.276. The number of halogens is 2. The molecule has 1 amide bonds. The first-order valence-corrected chi connectivity index (χ1v) is 13.0. The average molecular weight is 587 g/mol. The van der Waals surface area contributed by atoms with E-state index >= 15 is 4.39 Å². The third-order valence-electron chi connectivity index (χ3n) is 5.76. The lowest BCUT2D eigenvalue weighted by molar-refractivity contribution is -0.164. The van der Waals surface area contributed by atoms with Crippen LogP contribution in [0.3, 0.4) is 0 Å². The first-order chi connectivity index (χ1) is 19.3. The number of ketones is 1.